The molecule has 2 atom stereocenters. The van der Waals surface area contributed by atoms with Gasteiger partial charge in [0, 0.05) is 35.7 Å². The van der Waals surface area contributed by atoms with Crippen molar-refractivity contribution in [3.05, 3.63) is 44.5 Å². The zero-order chi connectivity index (χ0) is 27.9. The molecule has 5 rings (SSSR count). The van der Waals surface area contributed by atoms with Crippen molar-refractivity contribution in [2.75, 3.05) is 36.4 Å². The Kier molecular flexibility index (Phi) is 8.54. The first-order chi connectivity index (χ1) is 18.5. The summed E-state index contributed by atoms with van der Waals surface area (Å²) in [5.41, 5.74) is 1.14. The number of aliphatic carboxylic acids is 1. The maximum Gasteiger partial charge on any atom is 0.309 e. The molecular formula is C29H38Cl3N5O2. The molecule has 0 bridgehead atoms. The fourth-order valence-electron chi connectivity index (χ4n) is 6.66. The average molecular weight is 595 g/mol. The van der Waals surface area contributed by atoms with Gasteiger partial charge in [-0.3, -0.25) is 4.79 Å². The zero-order valence-electron chi connectivity index (χ0n) is 22.9. The predicted molar refractivity (Wildman–Crippen MR) is 158 cm³/mol. The number of nitrogens with one attached hydrogen (secondary N) is 1. The average Bonchev–Trinajstić information content (AvgIpc) is 2.89. The normalized spacial score (nSPS) is 27.2. The van der Waals surface area contributed by atoms with E-state index in [4.69, 9.17) is 44.8 Å². The molecule has 3 aliphatic rings. The molecule has 2 saturated heterocycles. The number of piperidine rings is 2. The largest absolute Gasteiger partial charge is 0.481 e. The lowest BCUT2D eigenvalue weighted by Gasteiger charge is -2.51. The van der Waals surface area contributed by atoms with Gasteiger partial charge in [-0.25, -0.2) is 4.98 Å². The van der Waals surface area contributed by atoms with E-state index in [0.717, 1.165) is 63.1 Å². The van der Waals surface area contributed by atoms with E-state index in [2.05, 4.69) is 15.1 Å². The van der Waals surface area contributed by atoms with Crippen molar-refractivity contribution in [1.29, 1.82) is 0 Å². The number of anilines is 2. The number of hydrogen-bond acceptors (Lipinski definition) is 6. The second-order valence-electron chi connectivity index (χ2n) is 12.0. The number of carboxylic acids is 1. The van der Waals surface area contributed by atoms with Crippen LogP contribution in [0, 0.1) is 24.2 Å². The fraction of sp³-hybridized carbons (Fsp3) is 0.621. The molecule has 3 heterocycles. The minimum absolute atomic E-state index is 0.113. The number of carbonyl (C=O) groups is 1. The van der Waals surface area contributed by atoms with Crippen molar-refractivity contribution >= 4 is 52.5 Å². The summed E-state index contributed by atoms with van der Waals surface area (Å²) in [4.78, 5) is 25.9. The van der Waals surface area contributed by atoms with Crippen molar-refractivity contribution in [2.24, 2.45) is 17.3 Å². The Balaban J connectivity index is 1.20. The van der Waals surface area contributed by atoms with Crippen LogP contribution in [-0.4, -0.2) is 58.2 Å². The lowest BCUT2D eigenvalue weighted by molar-refractivity contribution is -0.158. The minimum atomic E-state index is -0.652. The molecule has 39 heavy (non-hydrogen) atoms. The Morgan fingerprint density at radius 3 is 2.49 bits per heavy atom. The number of carboxylic acid groups (broad SMARTS) is 1. The highest BCUT2D eigenvalue weighted by Crippen LogP contribution is 2.45. The summed E-state index contributed by atoms with van der Waals surface area (Å²) < 4.78 is 0. The van der Waals surface area contributed by atoms with Crippen molar-refractivity contribution in [3.8, 4) is 0 Å². The number of aromatic nitrogens is 2. The monoisotopic (exact) mass is 593 g/mol. The molecule has 0 radical (unpaired) electrons. The summed E-state index contributed by atoms with van der Waals surface area (Å²) in [6.07, 6.45) is 6.25. The lowest BCUT2D eigenvalue weighted by atomic mass is 9.65. The van der Waals surface area contributed by atoms with Gasteiger partial charge >= 0.3 is 5.97 Å². The minimum Gasteiger partial charge on any atom is -0.481 e. The molecule has 2 N–H and O–H groups in total. The van der Waals surface area contributed by atoms with Gasteiger partial charge in [0.2, 0.25) is 5.95 Å². The van der Waals surface area contributed by atoms with Crippen molar-refractivity contribution < 1.29 is 9.90 Å². The molecule has 3 fully saturated rings. The Morgan fingerprint density at radius 1 is 1.10 bits per heavy atom. The van der Waals surface area contributed by atoms with Crippen molar-refractivity contribution in [1.82, 2.24) is 14.9 Å². The number of aryl methyl sites for hydroxylation is 1. The van der Waals surface area contributed by atoms with Gasteiger partial charge in [-0.05, 0) is 95.4 Å². The Labute approximate surface area is 246 Å². The Morgan fingerprint density at radius 2 is 1.82 bits per heavy atom. The lowest BCUT2D eigenvalue weighted by Crippen LogP contribution is -2.56. The highest BCUT2D eigenvalue weighted by molar-refractivity contribution is 6.35. The maximum absolute atomic E-state index is 11.5. The standard InChI is InChI=1S/C29H38Cl3N5O2/c1-17(23-7-6-21(30)13-24(23)31)33-26-25(32)18(2)34-28(35-26)36-11-8-19(9-12-36)20-5-4-10-37(16-20)22-14-29(3,15-22)27(38)39/h6-7,13,17,19-20,22H,4-5,8-12,14-16H2,1-3H3,(H,38,39)(H,33,34,35). The van der Waals surface area contributed by atoms with E-state index < -0.39 is 11.4 Å². The molecule has 1 saturated carbocycles. The molecule has 1 aromatic carbocycles. The summed E-state index contributed by atoms with van der Waals surface area (Å²) in [5.74, 6) is 2.01. The van der Waals surface area contributed by atoms with E-state index in [1.54, 1.807) is 6.07 Å². The van der Waals surface area contributed by atoms with Gasteiger partial charge in [0.1, 0.15) is 5.02 Å². The Hall–Kier alpha value is -1.80. The van der Waals surface area contributed by atoms with Gasteiger partial charge in [0.15, 0.2) is 5.82 Å². The summed E-state index contributed by atoms with van der Waals surface area (Å²) in [6.45, 7) is 9.86. The van der Waals surface area contributed by atoms with Crippen LogP contribution in [0.5, 0.6) is 0 Å². The molecule has 2 unspecified atom stereocenters. The number of likely N-dealkylation sites (tertiary alicyclic amines) is 1. The molecule has 212 valence electrons. The molecule has 2 aromatic rings. The number of hydrogen-bond donors (Lipinski definition) is 2. The van der Waals surface area contributed by atoms with E-state index in [1.165, 1.54) is 12.8 Å². The summed E-state index contributed by atoms with van der Waals surface area (Å²) >= 11 is 19.1. The van der Waals surface area contributed by atoms with Crippen molar-refractivity contribution in [3.63, 3.8) is 0 Å². The molecule has 0 spiro atoms. The van der Waals surface area contributed by atoms with Crippen LogP contribution in [-0.2, 0) is 4.79 Å². The van der Waals surface area contributed by atoms with Crippen LogP contribution < -0.4 is 10.2 Å². The second kappa shape index (κ2) is 11.6. The summed E-state index contributed by atoms with van der Waals surface area (Å²) in [7, 11) is 0. The highest BCUT2D eigenvalue weighted by Gasteiger charge is 2.49. The molecule has 1 aliphatic carbocycles. The van der Waals surface area contributed by atoms with Gasteiger partial charge in [-0.15, -0.1) is 0 Å². The molecule has 0 amide bonds. The number of halogens is 3. The van der Waals surface area contributed by atoms with Gasteiger partial charge < -0.3 is 20.2 Å². The smallest absolute Gasteiger partial charge is 0.309 e. The fourth-order valence-corrected chi connectivity index (χ4v) is 7.37. The number of nitrogens with zero attached hydrogens (tertiary/aromatic N) is 4. The number of rotatable bonds is 7. The third kappa shape index (κ3) is 6.12. The van der Waals surface area contributed by atoms with Gasteiger partial charge in [-0.2, -0.15) is 4.98 Å². The second-order valence-corrected chi connectivity index (χ2v) is 13.2. The maximum atomic E-state index is 11.5. The predicted octanol–water partition coefficient (Wildman–Crippen LogP) is 7.10. The van der Waals surface area contributed by atoms with Gasteiger partial charge in [-0.1, -0.05) is 40.9 Å². The SMILES string of the molecule is Cc1nc(N2CCC(C3CCCN(C4CC(C)(C(=O)O)C4)C3)CC2)nc(NC(C)c2ccc(Cl)cc2Cl)c1Cl. The third-order valence-electron chi connectivity index (χ3n) is 9.17. The topological polar surface area (TPSA) is 81.6 Å². The van der Waals surface area contributed by atoms with Gasteiger partial charge in [0.05, 0.1) is 17.2 Å². The molecular weight excluding hydrogens is 557 g/mol. The van der Waals surface area contributed by atoms with E-state index in [0.29, 0.717) is 44.7 Å². The third-order valence-corrected chi connectivity index (χ3v) is 10.2. The van der Waals surface area contributed by atoms with E-state index in [1.807, 2.05) is 32.9 Å². The summed E-state index contributed by atoms with van der Waals surface area (Å²) in [6, 6.07) is 5.80. The van der Waals surface area contributed by atoms with Crippen LogP contribution in [0.15, 0.2) is 18.2 Å². The van der Waals surface area contributed by atoms with Crippen molar-refractivity contribution in [2.45, 2.75) is 71.4 Å². The van der Waals surface area contributed by atoms with Crippen LogP contribution >= 0.6 is 34.8 Å². The zero-order valence-corrected chi connectivity index (χ0v) is 25.2. The first-order valence-corrected chi connectivity index (χ1v) is 15.2. The van der Waals surface area contributed by atoms with Crippen LogP contribution in [0.3, 0.4) is 0 Å². The van der Waals surface area contributed by atoms with Crippen LogP contribution in [0.25, 0.3) is 0 Å². The molecule has 2 aliphatic heterocycles. The summed E-state index contributed by atoms with van der Waals surface area (Å²) in [5, 5.41) is 14.6. The van der Waals surface area contributed by atoms with Crippen LogP contribution in [0.2, 0.25) is 15.1 Å². The van der Waals surface area contributed by atoms with Crippen LogP contribution in [0.4, 0.5) is 11.8 Å². The first kappa shape index (κ1) is 28.7. The Bertz CT molecular complexity index is 1210. The van der Waals surface area contributed by atoms with E-state index in [9.17, 15) is 9.90 Å². The molecule has 1 aromatic heterocycles. The number of benzene rings is 1. The van der Waals surface area contributed by atoms with E-state index >= 15 is 0 Å². The molecule has 10 heteroatoms. The van der Waals surface area contributed by atoms with E-state index in [-0.39, 0.29) is 6.04 Å². The van der Waals surface area contributed by atoms with Gasteiger partial charge in [0.25, 0.3) is 0 Å². The van der Waals surface area contributed by atoms with Crippen LogP contribution in [0.1, 0.15) is 69.7 Å². The molecule has 7 nitrogen and oxygen atoms in total. The quantitative estimate of drug-likeness (QED) is 0.354. The highest BCUT2D eigenvalue weighted by atomic mass is 35.5. The first-order valence-electron chi connectivity index (χ1n) is 14.0.